The predicted octanol–water partition coefficient (Wildman–Crippen LogP) is 3.88. The first kappa shape index (κ1) is 16.0. The first-order valence-electron chi connectivity index (χ1n) is 8.29. The largest absolute Gasteiger partial charge is 0.490 e. The van der Waals surface area contributed by atoms with Crippen LogP contribution in [-0.2, 0) is 0 Å². The van der Waals surface area contributed by atoms with Crippen LogP contribution in [0.5, 0.6) is 11.5 Å². The van der Waals surface area contributed by atoms with Gasteiger partial charge in [-0.25, -0.2) is 4.99 Å². The van der Waals surface area contributed by atoms with E-state index in [4.69, 9.17) is 9.47 Å². The van der Waals surface area contributed by atoms with Gasteiger partial charge < -0.3 is 9.47 Å². The van der Waals surface area contributed by atoms with Crippen molar-refractivity contribution in [2.24, 2.45) is 10.1 Å². The number of rotatable bonds is 2. The summed E-state index contributed by atoms with van der Waals surface area (Å²) in [6.07, 6.45) is 0.904. The lowest BCUT2D eigenvalue weighted by Crippen LogP contribution is -2.25. The van der Waals surface area contributed by atoms with Gasteiger partial charge in [-0.2, -0.15) is 5.10 Å². The number of hydrazone groups is 1. The minimum absolute atomic E-state index is 0.684. The van der Waals surface area contributed by atoms with Crippen LogP contribution >= 0.6 is 11.8 Å². The van der Waals surface area contributed by atoms with Crippen LogP contribution in [0.4, 0.5) is 5.69 Å². The molecule has 0 bridgehead atoms. The SMILES string of the molecule is Cc1ccccc1N=C1NN=C(c2ccc3c(c2)OCCCO3)CS1. The molecule has 0 saturated heterocycles. The number of ether oxygens (including phenoxy) is 2. The molecule has 6 heteroatoms. The van der Waals surface area contributed by atoms with Crippen LogP contribution in [0.1, 0.15) is 17.5 Å². The maximum absolute atomic E-state index is 5.76. The Kier molecular flexibility index (Phi) is 4.61. The number of amidine groups is 1. The molecule has 0 saturated carbocycles. The van der Waals surface area contributed by atoms with E-state index in [-0.39, 0.29) is 0 Å². The second kappa shape index (κ2) is 7.19. The van der Waals surface area contributed by atoms with Gasteiger partial charge in [-0.1, -0.05) is 30.0 Å². The lowest BCUT2D eigenvalue weighted by atomic mass is 10.1. The Bertz CT molecular complexity index is 848. The molecule has 0 spiro atoms. The van der Waals surface area contributed by atoms with E-state index in [9.17, 15) is 0 Å². The Labute approximate surface area is 151 Å². The molecule has 2 aliphatic rings. The third-order valence-electron chi connectivity index (χ3n) is 4.05. The van der Waals surface area contributed by atoms with E-state index in [2.05, 4.69) is 28.5 Å². The van der Waals surface area contributed by atoms with Crippen LogP contribution in [0.3, 0.4) is 0 Å². The minimum atomic E-state index is 0.684. The summed E-state index contributed by atoms with van der Waals surface area (Å²) in [5, 5.41) is 5.31. The van der Waals surface area contributed by atoms with E-state index in [0.29, 0.717) is 13.2 Å². The van der Waals surface area contributed by atoms with Gasteiger partial charge in [-0.3, -0.25) is 5.43 Å². The molecular weight excluding hydrogens is 334 g/mol. The summed E-state index contributed by atoms with van der Waals surface area (Å²) in [7, 11) is 0. The monoisotopic (exact) mass is 353 g/mol. The van der Waals surface area contributed by atoms with Crippen LogP contribution in [0.15, 0.2) is 52.6 Å². The second-order valence-corrected chi connectivity index (χ2v) is 6.84. The minimum Gasteiger partial charge on any atom is -0.490 e. The lowest BCUT2D eigenvalue weighted by molar-refractivity contribution is 0.297. The molecule has 0 radical (unpaired) electrons. The van der Waals surface area contributed by atoms with Gasteiger partial charge in [0, 0.05) is 17.7 Å². The Hall–Kier alpha value is -2.47. The van der Waals surface area contributed by atoms with E-state index in [1.165, 1.54) is 0 Å². The van der Waals surface area contributed by atoms with Crippen molar-refractivity contribution in [1.82, 2.24) is 5.43 Å². The number of aryl methyl sites for hydroxylation is 1. The number of hydrogen-bond donors (Lipinski definition) is 1. The fourth-order valence-electron chi connectivity index (χ4n) is 2.66. The molecule has 0 aromatic heterocycles. The Morgan fingerprint density at radius 1 is 1.08 bits per heavy atom. The Morgan fingerprint density at radius 3 is 2.72 bits per heavy atom. The molecule has 2 heterocycles. The summed E-state index contributed by atoms with van der Waals surface area (Å²) in [6, 6.07) is 14.1. The molecule has 0 amide bonds. The van der Waals surface area contributed by atoms with Crippen molar-refractivity contribution in [3.63, 3.8) is 0 Å². The summed E-state index contributed by atoms with van der Waals surface area (Å²) in [5.74, 6) is 2.36. The summed E-state index contributed by atoms with van der Waals surface area (Å²) in [6.45, 7) is 3.44. The van der Waals surface area contributed by atoms with Crippen molar-refractivity contribution in [2.75, 3.05) is 19.0 Å². The fourth-order valence-corrected chi connectivity index (χ4v) is 3.44. The van der Waals surface area contributed by atoms with Gasteiger partial charge >= 0.3 is 0 Å². The zero-order valence-corrected chi connectivity index (χ0v) is 14.8. The Morgan fingerprint density at radius 2 is 1.92 bits per heavy atom. The van der Waals surface area contributed by atoms with E-state index in [0.717, 1.165) is 51.4 Å². The number of para-hydroxylation sites is 1. The van der Waals surface area contributed by atoms with Crippen LogP contribution in [0.25, 0.3) is 0 Å². The standard InChI is InChI=1S/C19H19N3O2S/c1-13-5-2-3-6-15(13)20-19-22-21-16(12-25-19)14-7-8-17-18(11-14)24-10-4-9-23-17/h2-3,5-8,11H,4,9-10,12H2,1H3,(H,20,22). The van der Waals surface area contributed by atoms with Gasteiger partial charge in [0.25, 0.3) is 0 Å². The number of nitrogens with zero attached hydrogens (tertiary/aromatic N) is 2. The molecule has 0 atom stereocenters. The van der Waals surface area contributed by atoms with Crippen molar-refractivity contribution in [3.05, 3.63) is 53.6 Å². The van der Waals surface area contributed by atoms with Gasteiger partial charge in [0.2, 0.25) is 0 Å². The third-order valence-corrected chi connectivity index (χ3v) is 4.92. The van der Waals surface area contributed by atoms with Crippen LogP contribution in [0, 0.1) is 6.92 Å². The molecule has 2 aromatic carbocycles. The molecular formula is C19H19N3O2S. The maximum atomic E-state index is 5.76. The zero-order valence-electron chi connectivity index (χ0n) is 14.0. The van der Waals surface area contributed by atoms with Crippen LogP contribution < -0.4 is 14.9 Å². The molecule has 25 heavy (non-hydrogen) atoms. The average molecular weight is 353 g/mol. The van der Waals surface area contributed by atoms with Crippen molar-refractivity contribution < 1.29 is 9.47 Å². The van der Waals surface area contributed by atoms with Crippen LogP contribution in [0.2, 0.25) is 0 Å². The predicted molar refractivity (Wildman–Crippen MR) is 102 cm³/mol. The fraction of sp³-hybridized carbons (Fsp3) is 0.263. The number of hydrogen-bond acceptors (Lipinski definition) is 5. The number of nitrogens with one attached hydrogen (secondary N) is 1. The normalized spacial score (nSPS) is 18.3. The second-order valence-electron chi connectivity index (χ2n) is 5.87. The van der Waals surface area contributed by atoms with Crippen molar-refractivity contribution >= 4 is 28.3 Å². The van der Waals surface area contributed by atoms with Crippen molar-refractivity contribution in [2.45, 2.75) is 13.3 Å². The van der Waals surface area contributed by atoms with Gasteiger partial charge in [0.1, 0.15) is 0 Å². The first-order valence-corrected chi connectivity index (χ1v) is 9.28. The van der Waals surface area contributed by atoms with E-state index in [1.54, 1.807) is 11.8 Å². The third kappa shape index (κ3) is 3.64. The quantitative estimate of drug-likeness (QED) is 0.890. The number of benzene rings is 2. The number of aliphatic imine (C=N–C) groups is 1. The highest BCUT2D eigenvalue weighted by atomic mass is 32.2. The van der Waals surface area contributed by atoms with Crippen molar-refractivity contribution in [1.29, 1.82) is 0 Å². The van der Waals surface area contributed by atoms with Gasteiger partial charge in [-0.05, 0) is 36.8 Å². The molecule has 2 aliphatic heterocycles. The summed E-state index contributed by atoms with van der Waals surface area (Å²) in [5.41, 5.74) is 7.19. The molecule has 0 aliphatic carbocycles. The van der Waals surface area contributed by atoms with E-state index < -0.39 is 0 Å². The summed E-state index contributed by atoms with van der Waals surface area (Å²) >= 11 is 1.65. The van der Waals surface area contributed by atoms with Gasteiger partial charge in [0.05, 0.1) is 24.6 Å². The molecule has 2 aromatic rings. The van der Waals surface area contributed by atoms with Gasteiger partial charge in [-0.15, -0.1) is 0 Å². The average Bonchev–Trinajstić information content (AvgIpc) is 2.89. The molecule has 0 fully saturated rings. The van der Waals surface area contributed by atoms with E-state index >= 15 is 0 Å². The maximum Gasteiger partial charge on any atom is 0.182 e. The Balaban J connectivity index is 1.53. The first-order chi connectivity index (χ1) is 12.3. The highest BCUT2D eigenvalue weighted by Gasteiger charge is 2.17. The molecule has 1 N–H and O–H groups in total. The smallest absolute Gasteiger partial charge is 0.182 e. The highest BCUT2D eigenvalue weighted by Crippen LogP contribution is 2.31. The molecule has 5 nitrogen and oxygen atoms in total. The number of fused-ring (bicyclic) bond motifs is 1. The van der Waals surface area contributed by atoms with Crippen molar-refractivity contribution in [3.8, 4) is 11.5 Å². The molecule has 4 rings (SSSR count). The van der Waals surface area contributed by atoms with Gasteiger partial charge in [0.15, 0.2) is 16.7 Å². The van der Waals surface area contributed by atoms with E-state index in [1.807, 2.05) is 36.4 Å². The summed E-state index contributed by atoms with van der Waals surface area (Å²) < 4.78 is 11.4. The zero-order chi connectivity index (χ0) is 17.1. The lowest BCUT2D eigenvalue weighted by Gasteiger charge is -2.16. The topological polar surface area (TPSA) is 55.2 Å². The molecule has 128 valence electrons. The molecule has 0 unspecified atom stereocenters. The number of thioether (sulfide) groups is 1. The summed E-state index contributed by atoms with van der Waals surface area (Å²) in [4.78, 5) is 4.65. The van der Waals surface area contributed by atoms with Crippen LogP contribution in [-0.4, -0.2) is 29.8 Å². The highest BCUT2D eigenvalue weighted by molar-refractivity contribution is 8.14.